The topological polar surface area (TPSA) is 92.3 Å². The van der Waals surface area contributed by atoms with Crippen molar-refractivity contribution in [2.75, 3.05) is 20.8 Å². The SMILES string of the molecule is COc1ccc(-n2c(C)nnc2S[C@@H](C[N+](=O)[O-])c2ccc(OC)c(Cl)c2)cc1. The lowest BCUT2D eigenvalue weighted by Gasteiger charge is -2.15. The van der Waals surface area contributed by atoms with E-state index in [-0.39, 0.29) is 11.5 Å². The van der Waals surface area contributed by atoms with Gasteiger partial charge in [-0.15, -0.1) is 10.2 Å². The minimum Gasteiger partial charge on any atom is -0.497 e. The Kier molecular flexibility index (Phi) is 6.60. The van der Waals surface area contributed by atoms with E-state index in [0.29, 0.717) is 27.3 Å². The third-order valence-electron chi connectivity index (χ3n) is 4.24. The number of methoxy groups -OCH3 is 2. The Balaban J connectivity index is 1.96. The van der Waals surface area contributed by atoms with Crippen molar-refractivity contribution in [1.82, 2.24) is 14.8 Å². The summed E-state index contributed by atoms with van der Waals surface area (Å²) in [6, 6.07) is 12.6. The number of benzene rings is 2. The zero-order chi connectivity index (χ0) is 21.0. The van der Waals surface area contributed by atoms with Gasteiger partial charge in [0.25, 0.3) is 0 Å². The van der Waals surface area contributed by atoms with Gasteiger partial charge in [-0.25, -0.2) is 0 Å². The number of nitro groups is 1. The molecule has 0 fully saturated rings. The predicted molar refractivity (Wildman–Crippen MR) is 111 cm³/mol. The molecule has 1 aromatic heterocycles. The molecule has 10 heteroatoms. The van der Waals surface area contributed by atoms with Crippen LogP contribution in [0, 0.1) is 17.0 Å². The van der Waals surface area contributed by atoms with Gasteiger partial charge in [0.1, 0.15) is 22.6 Å². The molecule has 2 aromatic carbocycles. The summed E-state index contributed by atoms with van der Waals surface area (Å²) in [5, 5.41) is 20.1. The van der Waals surface area contributed by atoms with E-state index in [1.807, 2.05) is 35.8 Å². The molecule has 0 spiro atoms. The number of ether oxygens (including phenoxy) is 2. The maximum absolute atomic E-state index is 11.3. The fraction of sp³-hybridized carbons (Fsp3) is 0.263. The van der Waals surface area contributed by atoms with Crippen molar-refractivity contribution in [2.24, 2.45) is 0 Å². The van der Waals surface area contributed by atoms with Crippen molar-refractivity contribution in [3.8, 4) is 17.2 Å². The smallest absolute Gasteiger partial charge is 0.220 e. The summed E-state index contributed by atoms with van der Waals surface area (Å²) in [5.41, 5.74) is 1.54. The second kappa shape index (κ2) is 9.15. The van der Waals surface area contributed by atoms with Gasteiger partial charge in [0.2, 0.25) is 6.54 Å². The first kappa shape index (κ1) is 20.9. The highest BCUT2D eigenvalue weighted by Gasteiger charge is 2.24. The molecule has 3 aromatic rings. The zero-order valence-electron chi connectivity index (χ0n) is 16.0. The Hall–Kier alpha value is -2.78. The fourth-order valence-corrected chi connectivity index (χ4v) is 4.23. The predicted octanol–water partition coefficient (Wildman–Crippen LogP) is 4.36. The minimum atomic E-state index is -0.506. The third kappa shape index (κ3) is 4.80. The van der Waals surface area contributed by atoms with Gasteiger partial charge in [0, 0.05) is 10.6 Å². The Labute approximate surface area is 177 Å². The first-order valence-electron chi connectivity index (χ1n) is 8.61. The van der Waals surface area contributed by atoms with E-state index in [1.165, 1.54) is 18.9 Å². The molecule has 0 N–H and O–H groups in total. The molecule has 29 heavy (non-hydrogen) atoms. The zero-order valence-corrected chi connectivity index (χ0v) is 17.6. The van der Waals surface area contributed by atoms with Crippen LogP contribution in [0.4, 0.5) is 0 Å². The lowest BCUT2D eigenvalue weighted by atomic mass is 10.1. The summed E-state index contributed by atoms with van der Waals surface area (Å²) in [6.07, 6.45) is 0. The van der Waals surface area contributed by atoms with Crippen LogP contribution in [-0.2, 0) is 0 Å². The quantitative estimate of drug-likeness (QED) is 0.295. The number of thioether (sulfide) groups is 1. The molecule has 0 unspecified atom stereocenters. The number of halogens is 1. The Morgan fingerprint density at radius 2 is 1.90 bits per heavy atom. The number of nitrogens with zero attached hydrogens (tertiary/aromatic N) is 4. The highest BCUT2D eigenvalue weighted by atomic mass is 35.5. The van der Waals surface area contributed by atoms with Gasteiger partial charge in [-0.05, 0) is 48.9 Å². The number of rotatable bonds is 8. The van der Waals surface area contributed by atoms with Crippen LogP contribution in [0.3, 0.4) is 0 Å². The third-order valence-corrected chi connectivity index (χ3v) is 5.71. The average molecular weight is 435 g/mol. The van der Waals surface area contributed by atoms with Crippen LogP contribution in [-0.4, -0.2) is 40.5 Å². The van der Waals surface area contributed by atoms with Crippen molar-refractivity contribution in [3.05, 3.63) is 69.0 Å². The van der Waals surface area contributed by atoms with Crippen LogP contribution >= 0.6 is 23.4 Å². The molecule has 0 amide bonds. The Morgan fingerprint density at radius 1 is 1.17 bits per heavy atom. The molecular weight excluding hydrogens is 416 g/mol. The van der Waals surface area contributed by atoms with E-state index in [4.69, 9.17) is 21.1 Å². The first-order chi connectivity index (χ1) is 13.9. The summed E-state index contributed by atoms with van der Waals surface area (Å²) in [7, 11) is 3.12. The van der Waals surface area contributed by atoms with E-state index < -0.39 is 5.25 Å². The Morgan fingerprint density at radius 3 is 2.48 bits per heavy atom. The maximum atomic E-state index is 11.3. The first-order valence-corrected chi connectivity index (χ1v) is 9.87. The number of hydrogen-bond donors (Lipinski definition) is 0. The number of aryl methyl sites for hydroxylation is 1. The van der Waals surface area contributed by atoms with Crippen molar-refractivity contribution < 1.29 is 14.4 Å². The van der Waals surface area contributed by atoms with Crippen LogP contribution < -0.4 is 9.47 Å². The average Bonchev–Trinajstić information content (AvgIpc) is 3.07. The van der Waals surface area contributed by atoms with E-state index in [0.717, 1.165) is 11.4 Å². The normalized spacial score (nSPS) is 11.9. The van der Waals surface area contributed by atoms with Crippen LogP contribution in [0.2, 0.25) is 5.02 Å². The van der Waals surface area contributed by atoms with Gasteiger partial charge in [-0.3, -0.25) is 14.7 Å². The highest BCUT2D eigenvalue weighted by molar-refractivity contribution is 7.99. The molecule has 0 saturated heterocycles. The largest absolute Gasteiger partial charge is 0.497 e. The molecule has 0 saturated carbocycles. The second-order valence-electron chi connectivity index (χ2n) is 6.08. The molecular formula is C19H19ClN4O4S. The van der Waals surface area contributed by atoms with Crippen molar-refractivity contribution in [2.45, 2.75) is 17.3 Å². The molecule has 0 aliphatic rings. The lowest BCUT2D eigenvalue weighted by molar-refractivity contribution is -0.479. The van der Waals surface area contributed by atoms with Crippen LogP contribution in [0.1, 0.15) is 16.6 Å². The molecule has 8 nitrogen and oxygen atoms in total. The highest BCUT2D eigenvalue weighted by Crippen LogP contribution is 2.38. The van der Waals surface area contributed by atoms with Gasteiger partial charge in [0.15, 0.2) is 5.16 Å². The van der Waals surface area contributed by atoms with Crippen molar-refractivity contribution >= 4 is 23.4 Å². The van der Waals surface area contributed by atoms with E-state index in [9.17, 15) is 10.1 Å². The molecule has 3 rings (SSSR count). The number of hydrogen-bond acceptors (Lipinski definition) is 7. The Bertz CT molecular complexity index is 1010. The van der Waals surface area contributed by atoms with Gasteiger partial charge in [-0.1, -0.05) is 29.4 Å². The standard InChI is InChI=1S/C19H19ClN4O4S/c1-12-21-22-19(24(12)14-5-7-15(27-2)8-6-14)29-18(11-23(25)26)13-4-9-17(28-3)16(20)10-13/h4-10,18H,11H2,1-3H3/t18-/m0/s1. The van der Waals surface area contributed by atoms with Gasteiger partial charge >= 0.3 is 0 Å². The van der Waals surface area contributed by atoms with Crippen molar-refractivity contribution in [1.29, 1.82) is 0 Å². The molecule has 1 heterocycles. The molecule has 0 radical (unpaired) electrons. The summed E-state index contributed by atoms with van der Waals surface area (Å²) in [5.74, 6) is 1.91. The van der Waals surface area contributed by atoms with Crippen molar-refractivity contribution in [3.63, 3.8) is 0 Å². The minimum absolute atomic E-state index is 0.290. The summed E-state index contributed by atoms with van der Waals surface area (Å²) >= 11 is 7.49. The van der Waals surface area contributed by atoms with Crippen LogP contribution in [0.25, 0.3) is 5.69 Å². The molecule has 1 atom stereocenters. The second-order valence-corrected chi connectivity index (χ2v) is 7.66. The van der Waals surface area contributed by atoms with Gasteiger partial charge < -0.3 is 9.47 Å². The van der Waals surface area contributed by atoms with E-state index in [1.54, 1.807) is 25.3 Å². The van der Waals surface area contributed by atoms with E-state index >= 15 is 0 Å². The molecule has 0 aliphatic heterocycles. The fourth-order valence-electron chi connectivity index (χ4n) is 2.80. The molecule has 0 bridgehead atoms. The number of aromatic nitrogens is 3. The van der Waals surface area contributed by atoms with E-state index in [2.05, 4.69) is 10.2 Å². The summed E-state index contributed by atoms with van der Waals surface area (Å²) in [6.45, 7) is 1.54. The molecule has 152 valence electrons. The van der Waals surface area contributed by atoms with Crippen LogP contribution in [0.15, 0.2) is 47.6 Å². The summed E-state index contributed by atoms with van der Waals surface area (Å²) in [4.78, 5) is 10.9. The monoisotopic (exact) mass is 434 g/mol. The lowest BCUT2D eigenvalue weighted by Crippen LogP contribution is -2.11. The maximum Gasteiger partial charge on any atom is 0.220 e. The van der Waals surface area contributed by atoms with Crippen LogP contribution in [0.5, 0.6) is 11.5 Å². The van der Waals surface area contributed by atoms with Gasteiger partial charge in [0.05, 0.1) is 19.2 Å². The molecule has 0 aliphatic carbocycles. The summed E-state index contributed by atoms with van der Waals surface area (Å²) < 4.78 is 12.2. The van der Waals surface area contributed by atoms with Gasteiger partial charge in [-0.2, -0.15) is 0 Å².